The van der Waals surface area contributed by atoms with Crippen molar-refractivity contribution in [1.29, 1.82) is 0 Å². The quantitative estimate of drug-likeness (QED) is 0.342. The van der Waals surface area contributed by atoms with Gasteiger partial charge in [-0.05, 0) is 43.7 Å². The van der Waals surface area contributed by atoms with Crippen LogP contribution in [0.1, 0.15) is 50.5 Å². The van der Waals surface area contributed by atoms with Gasteiger partial charge >= 0.3 is 0 Å². The van der Waals surface area contributed by atoms with Gasteiger partial charge in [0.1, 0.15) is 35.3 Å². The van der Waals surface area contributed by atoms with Crippen molar-refractivity contribution in [2.24, 2.45) is 5.73 Å². The Labute approximate surface area is 217 Å². The number of nitrogens with two attached hydrogens (primary N) is 1. The minimum Gasteiger partial charge on any atom is -0.491 e. The number of primary amides is 1. The Morgan fingerprint density at radius 2 is 2.13 bits per heavy atom. The van der Waals surface area contributed by atoms with Crippen LogP contribution in [-0.4, -0.2) is 43.2 Å². The highest BCUT2D eigenvalue weighted by atomic mass is 16.5. The second-order valence-electron chi connectivity index (χ2n) is 8.90. The Bertz CT molecular complexity index is 1590. The van der Waals surface area contributed by atoms with Gasteiger partial charge in [-0.15, -0.1) is 0 Å². The van der Waals surface area contributed by atoms with Crippen LogP contribution in [-0.2, 0) is 18.7 Å². The summed E-state index contributed by atoms with van der Waals surface area (Å²) in [5.41, 5.74) is 6.15. The predicted octanol–water partition coefficient (Wildman–Crippen LogP) is 1.92. The second-order valence-corrected chi connectivity index (χ2v) is 8.90. The first kappa shape index (κ1) is 24.7. The van der Waals surface area contributed by atoms with E-state index in [0.29, 0.717) is 34.2 Å². The van der Waals surface area contributed by atoms with Crippen molar-refractivity contribution in [3.63, 3.8) is 0 Å². The number of hydrogen-bond donors (Lipinski definition) is 3. The number of aryl methyl sites for hydroxylation is 1. The lowest BCUT2D eigenvalue weighted by molar-refractivity contribution is 0.0923. The number of nitrogens with zero attached hydrogens (tertiary/aromatic N) is 4. The molecular weight excluding hydrogens is 488 g/mol. The maximum Gasteiger partial charge on any atom is 0.270 e. The number of amides is 2. The molecule has 3 aromatic heterocycles. The summed E-state index contributed by atoms with van der Waals surface area (Å²) in [6.45, 7) is 3.96. The fraction of sp³-hybridized carbons (Fsp3) is 0.222. The smallest absolute Gasteiger partial charge is 0.270 e. The third kappa shape index (κ3) is 4.85. The molecule has 192 valence electrons. The molecule has 0 bridgehead atoms. The molecule has 1 unspecified atom stereocenters. The van der Waals surface area contributed by atoms with Crippen LogP contribution in [0.4, 0.5) is 0 Å². The monoisotopic (exact) mass is 512 g/mol. The van der Waals surface area contributed by atoms with Crippen molar-refractivity contribution in [3.8, 4) is 29.0 Å². The van der Waals surface area contributed by atoms with E-state index in [1.165, 1.54) is 6.92 Å². The van der Waals surface area contributed by atoms with Gasteiger partial charge in [-0.2, -0.15) is 0 Å². The van der Waals surface area contributed by atoms with Gasteiger partial charge in [0.05, 0.1) is 12.1 Å². The molecule has 0 aliphatic carbocycles. The number of pyridine rings is 1. The standard InChI is InChI=1S/C27H24N6O5/c1-16-12-21(32-38-16)27(2,36)8-7-17-5-6-20-19(13-17)25-31-22(24(28)34)23(33(25)10-11-37-20)26(35)30-15-18-4-3-9-29-14-18/h3-6,9,12-14,36H,10-11,15H2,1-2H3,(H2,28,34)(H,30,35). The van der Waals surface area contributed by atoms with Gasteiger partial charge < -0.3 is 30.0 Å². The summed E-state index contributed by atoms with van der Waals surface area (Å²) >= 11 is 0. The summed E-state index contributed by atoms with van der Waals surface area (Å²) in [6.07, 6.45) is 3.28. The van der Waals surface area contributed by atoms with E-state index in [4.69, 9.17) is 15.0 Å². The van der Waals surface area contributed by atoms with Crippen LogP contribution < -0.4 is 15.8 Å². The van der Waals surface area contributed by atoms with Gasteiger partial charge in [-0.3, -0.25) is 14.6 Å². The van der Waals surface area contributed by atoms with Crippen LogP contribution in [0.5, 0.6) is 5.75 Å². The first-order chi connectivity index (χ1) is 18.2. The number of hydrogen-bond acceptors (Lipinski definition) is 8. The van der Waals surface area contributed by atoms with Crippen molar-refractivity contribution in [2.45, 2.75) is 32.5 Å². The highest BCUT2D eigenvalue weighted by Crippen LogP contribution is 2.34. The lowest BCUT2D eigenvalue weighted by Crippen LogP contribution is -2.29. The number of rotatable bonds is 5. The number of imidazole rings is 1. The maximum absolute atomic E-state index is 13.2. The molecule has 0 saturated carbocycles. The van der Waals surface area contributed by atoms with E-state index in [1.54, 1.807) is 54.2 Å². The SMILES string of the molecule is Cc1cc(C(C)(O)C#Cc2ccc3c(c2)-c2nc(C(N)=O)c(C(=O)NCc4cccnc4)n2CCO3)no1. The molecule has 4 N–H and O–H groups in total. The number of aliphatic hydroxyl groups is 1. The molecule has 38 heavy (non-hydrogen) atoms. The number of nitrogens with one attached hydrogen (secondary N) is 1. The van der Waals surface area contributed by atoms with Crippen LogP contribution in [0.2, 0.25) is 0 Å². The van der Waals surface area contributed by atoms with Crippen molar-refractivity contribution >= 4 is 11.8 Å². The number of carbonyl (C=O) groups excluding carboxylic acids is 2. The summed E-state index contributed by atoms with van der Waals surface area (Å²) in [5, 5.41) is 17.4. The molecule has 5 rings (SSSR count). The van der Waals surface area contributed by atoms with Crippen molar-refractivity contribution < 1.29 is 24.0 Å². The molecule has 0 fully saturated rings. The van der Waals surface area contributed by atoms with Crippen LogP contribution in [0.15, 0.2) is 53.3 Å². The van der Waals surface area contributed by atoms with E-state index in [9.17, 15) is 14.7 Å². The van der Waals surface area contributed by atoms with Gasteiger partial charge in [-0.1, -0.05) is 23.1 Å². The zero-order valence-electron chi connectivity index (χ0n) is 20.7. The molecule has 2 amide bonds. The molecule has 1 aromatic carbocycles. The Morgan fingerprint density at radius 3 is 2.84 bits per heavy atom. The first-order valence-corrected chi connectivity index (χ1v) is 11.8. The summed E-state index contributed by atoms with van der Waals surface area (Å²) in [7, 11) is 0. The Balaban J connectivity index is 1.51. The first-order valence-electron chi connectivity index (χ1n) is 11.8. The molecule has 1 aliphatic rings. The summed E-state index contributed by atoms with van der Waals surface area (Å²) in [6, 6.07) is 10.4. The molecule has 11 nitrogen and oxygen atoms in total. The molecule has 1 atom stereocenters. The van der Waals surface area contributed by atoms with Gasteiger partial charge in [0.15, 0.2) is 11.3 Å². The molecule has 0 radical (unpaired) electrons. The lowest BCUT2D eigenvalue weighted by Gasteiger charge is -2.11. The lowest BCUT2D eigenvalue weighted by atomic mass is 10.0. The third-order valence-corrected chi connectivity index (χ3v) is 5.96. The molecular formula is C27H24N6O5. The number of carbonyl (C=O) groups is 2. The topological polar surface area (TPSA) is 158 Å². The van der Waals surface area contributed by atoms with Crippen LogP contribution >= 0.6 is 0 Å². The third-order valence-electron chi connectivity index (χ3n) is 5.96. The maximum atomic E-state index is 13.2. The Hall–Kier alpha value is -4.95. The molecule has 11 heteroatoms. The number of ether oxygens (including phenoxy) is 1. The van der Waals surface area contributed by atoms with Crippen molar-refractivity contribution in [2.75, 3.05) is 6.61 Å². The zero-order valence-corrected chi connectivity index (χ0v) is 20.7. The molecule has 0 spiro atoms. The van der Waals surface area contributed by atoms with Gasteiger partial charge in [0.25, 0.3) is 11.8 Å². The molecule has 0 saturated heterocycles. The normalized spacial score (nSPS) is 13.6. The van der Waals surface area contributed by atoms with Crippen molar-refractivity contribution in [1.82, 2.24) is 25.0 Å². The summed E-state index contributed by atoms with van der Waals surface area (Å²) in [5.74, 6) is 5.85. The van der Waals surface area contributed by atoms with Crippen LogP contribution in [0, 0.1) is 18.8 Å². The van der Waals surface area contributed by atoms with E-state index < -0.39 is 17.4 Å². The average molecular weight is 513 g/mol. The highest BCUT2D eigenvalue weighted by Gasteiger charge is 2.30. The van der Waals surface area contributed by atoms with Crippen molar-refractivity contribution in [3.05, 3.63) is 82.8 Å². The van der Waals surface area contributed by atoms with E-state index in [-0.39, 0.29) is 31.1 Å². The zero-order chi connectivity index (χ0) is 26.9. The summed E-state index contributed by atoms with van der Waals surface area (Å²) < 4.78 is 12.6. The average Bonchev–Trinajstić information content (AvgIpc) is 3.47. The van der Waals surface area contributed by atoms with E-state index in [2.05, 4.69) is 32.3 Å². The van der Waals surface area contributed by atoms with E-state index in [0.717, 1.165) is 5.56 Å². The molecule has 4 heterocycles. The largest absolute Gasteiger partial charge is 0.491 e. The number of aromatic nitrogens is 4. The Morgan fingerprint density at radius 1 is 1.29 bits per heavy atom. The fourth-order valence-corrected chi connectivity index (χ4v) is 4.06. The predicted molar refractivity (Wildman–Crippen MR) is 135 cm³/mol. The van der Waals surface area contributed by atoms with Crippen LogP contribution in [0.25, 0.3) is 11.4 Å². The summed E-state index contributed by atoms with van der Waals surface area (Å²) in [4.78, 5) is 34.0. The number of fused-ring (bicyclic) bond motifs is 3. The molecule has 4 aromatic rings. The second kappa shape index (κ2) is 9.84. The van der Waals surface area contributed by atoms with E-state index in [1.807, 2.05) is 6.07 Å². The van der Waals surface area contributed by atoms with Gasteiger partial charge in [-0.25, -0.2) is 4.98 Å². The van der Waals surface area contributed by atoms with Gasteiger partial charge in [0, 0.05) is 30.6 Å². The number of benzene rings is 1. The minimum atomic E-state index is -1.54. The Kier molecular flexibility index (Phi) is 6.40. The van der Waals surface area contributed by atoms with E-state index >= 15 is 0 Å². The molecule has 1 aliphatic heterocycles. The minimum absolute atomic E-state index is 0.0497. The van der Waals surface area contributed by atoms with Gasteiger partial charge in [0.2, 0.25) is 0 Å². The highest BCUT2D eigenvalue weighted by molar-refractivity contribution is 6.05. The fourth-order valence-electron chi connectivity index (χ4n) is 4.06. The van der Waals surface area contributed by atoms with Crippen LogP contribution in [0.3, 0.4) is 0 Å².